The van der Waals surface area contributed by atoms with Crippen LogP contribution in [0.3, 0.4) is 0 Å². The third-order valence-electron chi connectivity index (χ3n) is 2.55. The largest absolute Gasteiger partial charge is 0.496 e. The van der Waals surface area contributed by atoms with Crippen molar-refractivity contribution in [2.45, 2.75) is 18.9 Å². The molecule has 1 unspecified atom stereocenters. The first-order valence-corrected chi connectivity index (χ1v) is 6.22. The van der Waals surface area contributed by atoms with Crippen LogP contribution in [0.1, 0.15) is 24.4 Å². The first kappa shape index (κ1) is 13.5. The zero-order chi connectivity index (χ0) is 12.0. The Bertz CT molecular complexity index is 331. The number of nitrogens with two attached hydrogens (primary N) is 1. The molecule has 1 rings (SSSR count). The van der Waals surface area contributed by atoms with E-state index in [0.717, 1.165) is 35.2 Å². The topological polar surface area (TPSA) is 47.3 Å². The summed E-state index contributed by atoms with van der Waals surface area (Å²) in [5.41, 5.74) is 7.25. The van der Waals surface area contributed by atoms with Gasteiger partial charge in [0.05, 0.1) is 11.6 Å². The molecule has 0 heterocycles. The number of hydrogen-bond acceptors (Lipinski definition) is 3. The summed E-state index contributed by atoms with van der Waals surface area (Å²) in [6, 6.07) is 6.09. The minimum absolute atomic E-state index is 0.0931. The Balaban J connectivity index is 2.62. The summed E-state index contributed by atoms with van der Waals surface area (Å²) < 4.78 is 6.14. The van der Waals surface area contributed by atoms with Crippen LogP contribution in [0.4, 0.5) is 0 Å². The molecule has 0 aliphatic carbocycles. The molecule has 0 saturated heterocycles. The second-order valence-corrected chi connectivity index (χ2v) is 4.60. The van der Waals surface area contributed by atoms with E-state index in [2.05, 4.69) is 21.2 Å². The third kappa shape index (κ3) is 3.77. The van der Waals surface area contributed by atoms with Gasteiger partial charge >= 0.3 is 0 Å². The normalized spacial score (nSPS) is 12.5. The van der Waals surface area contributed by atoms with Gasteiger partial charge in [-0.1, -0.05) is 6.07 Å². The van der Waals surface area contributed by atoms with Crippen molar-refractivity contribution in [3.05, 3.63) is 28.2 Å². The highest BCUT2D eigenvalue weighted by atomic mass is 79.9. The van der Waals surface area contributed by atoms with Gasteiger partial charge in [0.25, 0.3) is 0 Å². The molecule has 0 fully saturated rings. The van der Waals surface area contributed by atoms with E-state index in [-0.39, 0.29) is 6.04 Å². The van der Waals surface area contributed by atoms with Gasteiger partial charge in [-0.3, -0.25) is 0 Å². The van der Waals surface area contributed by atoms with Crippen LogP contribution in [0.15, 0.2) is 22.7 Å². The molecule has 3 N–H and O–H groups in total. The molecule has 0 spiro atoms. The van der Waals surface area contributed by atoms with E-state index < -0.39 is 0 Å². The Morgan fingerprint density at radius 2 is 2.25 bits per heavy atom. The van der Waals surface area contributed by atoms with Gasteiger partial charge in [-0.2, -0.15) is 0 Å². The summed E-state index contributed by atoms with van der Waals surface area (Å²) in [4.78, 5) is 0. The average molecular weight is 287 g/mol. The van der Waals surface area contributed by atoms with Gasteiger partial charge in [0.1, 0.15) is 5.75 Å². The maximum Gasteiger partial charge on any atom is 0.133 e. The second-order valence-electron chi connectivity index (χ2n) is 3.75. The van der Waals surface area contributed by atoms with Crippen molar-refractivity contribution < 1.29 is 4.74 Å². The van der Waals surface area contributed by atoms with Gasteiger partial charge in [0.15, 0.2) is 0 Å². The zero-order valence-corrected chi connectivity index (χ0v) is 11.4. The second kappa shape index (κ2) is 6.89. The van der Waals surface area contributed by atoms with Crippen molar-refractivity contribution in [2.75, 3.05) is 20.7 Å². The van der Waals surface area contributed by atoms with Crippen LogP contribution >= 0.6 is 15.9 Å². The molecule has 1 aromatic carbocycles. The van der Waals surface area contributed by atoms with Gasteiger partial charge in [0.2, 0.25) is 0 Å². The Kier molecular flexibility index (Phi) is 5.80. The van der Waals surface area contributed by atoms with Crippen molar-refractivity contribution in [1.82, 2.24) is 5.32 Å². The monoisotopic (exact) mass is 286 g/mol. The summed E-state index contributed by atoms with van der Waals surface area (Å²) in [5.74, 6) is 0.839. The molecule has 90 valence electrons. The van der Waals surface area contributed by atoms with Crippen LogP contribution in [-0.4, -0.2) is 20.7 Å². The molecule has 0 aromatic heterocycles. The molecular weight excluding hydrogens is 268 g/mol. The van der Waals surface area contributed by atoms with Crippen molar-refractivity contribution in [3.63, 3.8) is 0 Å². The predicted octanol–water partition coefficient (Wildman–Crippen LogP) is 2.46. The van der Waals surface area contributed by atoms with Crippen LogP contribution in [0.2, 0.25) is 0 Å². The Hall–Kier alpha value is -0.580. The Labute approximate surface area is 105 Å². The van der Waals surface area contributed by atoms with E-state index in [0.29, 0.717) is 0 Å². The first-order chi connectivity index (χ1) is 7.69. The highest BCUT2D eigenvalue weighted by Gasteiger charge is 2.08. The number of hydrogen-bond donors (Lipinski definition) is 2. The molecule has 0 radical (unpaired) electrons. The lowest BCUT2D eigenvalue weighted by Crippen LogP contribution is -2.14. The smallest absolute Gasteiger partial charge is 0.133 e. The number of nitrogens with one attached hydrogen (secondary N) is 1. The van der Waals surface area contributed by atoms with E-state index in [4.69, 9.17) is 10.5 Å². The van der Waals surface area contributed by atoms with Gasteiger partial charge in [0, 0.05) is 6.04 Å². The number of ether oxygens (including phenoxy) is 1. The first-order valence-electron chi connectivity index (χ1n) is 5.42. The highest BCUT2D eigenvalue weighted by Crippen LogP contribution is 2.28. The van der Waals surface area contributed by atoms with Crippen molar-refractivity contribution in [2.24, 2.45) is 5.73 Å². The molecule has 1 atom stereocenters. The van der Waals surface area contributed by atoms with Gasteiger partial charge < -0.3 is 15.8 Å². The molecule has 3 nitrogen and oxygen atoms in total. The number of benzene rings is 1. The predicted molar refractivity (Wildman–Crippen MR) is 70.8 cm³/mol. The molecule has 0 aliphatic heterocycles. The molecule has 16 heavy (non-hydrogen) atoms. The average Bonchev–Trinajstić information content (AvgIpc) is 2.29. The lowest BCUT2D eigenvalue weighted by molar-refractivity contribution is 0.411. The van der Waals surface area contributed by atoms with Crippen molar-refractivity contribution in [3.8, 4) is 5.75 Å². The van der Waals surface area contributed by atoms with Crippen LogP contribution in [0.25, 0.3) is 0 Å². The molecule has 0 saturated carbocycles. The van der Waals surface area contributed by atoms with E-state index in [1.54, 1.807) is 7.11 Å². The van der Waals surface area contributed by atoms with Crippen LogP contribution in [-0.2, 0) is 0 Å². The van der Waals surface area contributed by atoms with E-state index >= 15 is 0 Å². The summed E-state index contributed by atoms with van der Waals surface area (Å²) in [5, 5.41) is 3.12. The minimum Gasteiger partial charge on any atom is -0.496 e. The summed E-state index contributed by atoms with van der Waals surface area (Å²) in [6.45, 7) is 1.00. The van der Waals surface area contributed by atoms with E-state index in [1.165, 1.54) is 0 Å². The minimum atomic E-state index is 0.0931. The Morgan fingerprint density at radius 1 is 1.50 bits per heavy atom. The highest BCUT2D eigenvalue weighted by molar-refractivity contribution is 9.10. The van der Waals surface area contributed by atoms with Crippen LogP contribution < -0.4 is 15.8 Å². The number of methoxy groups -OCH3 is 1. The van der Waals surface area contributed by atoms with Crippen LogP contribution in [0.5, 0.6) is 5.75 Å². The van der Waals surface area contributed by atoms with Crippen molar-refractivity contribution >= 4 is 15.9 Å². The molecular formula is C12H19BrN2O. The third-order valence-corrected chi connectivity index (χ3v) is 3.17. The number of rotatable bonds is 6. The molecule has 0 bridgehead atoms. The standard InChI is InChI=1S/C12H19BrN2O/c1-15-7-3-4-11(14)9-5-6-12(16-2)10(13)8-9/h5-6,8,11,15H,3-4,7,14H2,1-2H3. The van der Waals surface area contributed by atoms with Crippen LogP contribution in [0, 0.1) is 0 Å². The molecule has 4 heteroatoms. The fraction of sp³-hybridized carbons (Fsp3) is 0.500. The zero-order valence-electron chi connectivity index (χ0n) is 9.79. The molecule has 0 aliphatic rings. The van der Waals surface area contributed by atoms with Gasteiger partial charge in [-0.25, -0.2) is 0 Å². The maximum atomic E-state index is 6.11. The fourth-order valence-electron chi connectivity index (χ4n) is 1.58. The van der Waals surface area contributed by atoms with Crippen molar-refractivity contribution in [1.29, 1.82) is 0 Å². The molecule has 1 aromatic rings. The van der Waals surface area contributed by atoms with E-state index in [1.807, 2.05) is 25.2 Å². The van der Waals surface area contributed by atoms with Gasteiger partial charge in [-0.05, 0) is 60.1 Å². The van der Waals surface area contributed by atoms with E-state index in [9.17, 15) is 0 Å². The molecule has 0 amide bonds. The SMILES string of the molecule is CNCCCC(N)c1ccc(OC)c(Br)c1. The van der Waals surface area contributed by atoms with Gasteiger partial charge in [-0.15, -0.1) is 0 Å². The number of halogens is 1. The Morgan fingerprint density at radius 3 is 2.81 bits per heavy atom. The lowest BCUT2D eigenvalue weighted by Gasteiger charge is -2.13. The lowest BCUT2D eigenvalue weighted by atomic mass is 10.0. The maximum absolute atomic E-state index is 6.11. The summed E-state index contributed by atoms with van der Waals surface area (Å²) >= 11 is 3.46. The summed E-state index contributed by atoms with van der Waals surface area (Å²) in [7, 11) is 3.61. The fourth-order valence-corrected chi connectivity index (χ4v) is 2.14. The quantitative estimate of drug-likeness (QED) is 0.790. The summed E-state index contributed by atoms with van der Waals surface area (Å²) in [6.07, 6.45) is 2.07.